The molecule has 0 aliphatic heterocycles. The van der Waals surface area contributed by atoms with Gasteiger partial charge in [-0.1, -0.05) is 6.92 Å². The molecule has 0 heterocycles. The lowest BCUT2D eigenvalue weighted by Gasteiger charge is -2.28. The van der Waals surface area contributed by atoms with Crippen LogP contribution in [0.5, 0.6) is 0 Å². The maximum absolute atomic E-state index is 11.2. The molecule has 2 N–H and O–H groups in total. The highest BCUT2D eigenvalue weighted by Crippen LogP contribution is 2.41. The number of carboxylic acids is 1. The molecule has 0 aromatic carbocycles. The fraction of sp³-hybridized carbons (Fsp3) is 0.889. The number of aliphatic carboxylic acids is 1. The van der Waals surface area contributed by atoms with E-state index in [4.69, 9.17) is 0 Å². The lowest BCUT2D eigenvalue weighted by atomic mass is 9.96. The van der Waals surface area contributed by atoms with Crippen molar-refractivity contribution in [3.63, 3.8) is 0 Å². The summed E-state index contributed by atoms with van der Waals surface area (Å²) >= 11 is 1.69. The Bertz CT molecular complexity index is 194. The Balaban J connectivity index is 2.64. The zero-order valence-corrected chi connectivity index (χ0v) is 8.99. The topological polar surface area (TPSA) is 49.3 Å². The third-order valence-corrected chi connectivity index (χ3v) is 3.70. The molecule has 13 heavy (non-hydrogen) atoms. The molecule has 0 spiro atoms. The van der Waals surface area contributed by atoms with E-state index in [9.17, 15) is 9.90 Å². The zero-order valence-electron chi connectivity index (χ0n) is 8.17. The zero-order chi connectivity index (χ0) is 9.90. The summed E-state index contributed by atoms with van der Waals surface area (Å²) in [6.07, 6.45) is 2.11. The molecule has 0 bridgehead atoms. The summed E-state index contributed by atoms with van der Waals surface area (Å²) < 4.78 is 0. The van der Waals surface area contributed by atoms with Gasteiger partial charge in [0.15, 0.2) is 0 Å². The molecule has 0 radical (unpaired) electrons. The van der Waals surface area contributed by atoms with Gasteiger partial charge in [0.25, 0.3) is 0 Å². The van der Waals surface area contributed by atoms with Crippen LogP contribution in [0.1, 0.15) is 19.8 Å². The Labute approximate surface area is 83.3 Å². The van der Waals surface area contributed by atoms with Crippen LogP contribution in [-0.2, 0) is 4.79 Å². The van der Waals surface area contributed by atoms with Crippen LogP contribution in [0.3, 0.4) is 0 Å². The van der Waals surface area contributed by atoms with Gasteiger partial charge >= 0.3 is 5.97 Å². The fourth-order valence-electron chi connectivity index (χ4n) is 1.58. The fourth-order valence-corrected chi connectivity index (χ4v) is 2.61. The number of carboxylic acid groups (broad SMARTS) is 1. The minimum Gasteiger partial charge on any atom is -0.480 e. The lowest BCUT2D eigenvalue weighted by molar-refractivity contribution is -0.144. The highest BCUT2D eigenvalue weighted by atomic mass is 32.2. The van der Waals surface area contributed by atoms with Crippen molar-refractivity contribution in [1.82, 2.24) is 5.32 Å². The smallest absolute Gasteiger partial charge is 0.325 e. The molecule has 0 aromatic rings. The Morgan fingerprint density at radius 1 is 1.69 bits per heavy atom. The van der Waals surface area contributed by atoms with E-state index in [0.717, 1.165) is 18.6 Å². The predicted octanol–water partition coefficient (Wildman–Crippen LogP) is 1.19. The molecule has 4 heteroatoms. The second-order valence-corrected chi connectivity index (χ2v) is 4.71. The van der Waals surface area contributed by atoms with E-state index in [1.807, 2.05) is 0 Å². The van der Waals surface area contributed by atoms with Crippen LogP contribution in [0.2, 0.25) is 0 Å². The normalized spacial score (nSPS) is 21.1. The van der Waals surface area contributed by atoms with Crippen molar-refractivity contribution in [2.45, 2.75) is 25.3 Å². The lowest BCUT2D eigenvalue weighted by Crippen LogP contribution is -2.54. The Morgan fingerprint density at radius 2 is 2.31 bits per heavy atom. The molecular weight excluding hydrogens is 186 g/mol. The summed E-state index contributed by atoms with van der Waals surface area (Å²) in [6.45, 7) is 2.06. The van der Waals surface area contributed by atoms with E-state index in [-0.39, 0.29) is 0 Å². The van der Waals surface area contributed by atoms with Crippen molar-refractivity contribution in [3.8, 4) is 0 Å². The molecule has 1 rings (SSSR count). The van der Waals surface area contributed by atoms with Crippen molar-refractivity contribution >= 4 is 17.7 Å². The molecule has 0 aromatic heterocycles. The first-order chi connectivity index (χ1) is 6.17. The van der Waals surface area contributed by atoms with Crippen LogP contribution >= 0.6 is 11.8 Å². The molecule has 76 valence electrons. The van der Waals surface area contributed by atoms with E-state index in [1.165, 1.54) is 0 Å². The van der Waals surface area contributed by atoms with E-state index >= 15 is 0 Å². The number of hydrogen-bond acceptors (Lipinski definition) is 3. The first kappa shape index (κ1) is 10.9. The monoisotopic (exact) mass is 203 g/mol. The van der Waals surface area contributed by atoms with Crippen molar-refractivity contribution in [2.24, 2.45) is 5.92 Å². The molecule has 0 amide bonds. The second-order valence-electron chi connectivity index (χ2n) is 3.44. The van der Waals surface area contributed by atoms with Crippen molar-refractivity contribution < 1.29 is 9.90 Å². The highest BCUT2D eigenvalue weighted by Gasteiger charge is 2.49. The maximum Gasteiger partial charge on any atom is 0.325 e. The number of carbonyl (C=O) groups is 1. The van der Waals surface area contributed by atoms with Gasteiger partial charge in [-0.2, -0.15) is 11.8 Å². The highest BCUT2D eigenvalue weighted by molar-refractivity contribution is 7.99. The molecule has 1 fully saturated rings. The van der Waals surface area contributed by atoms with Crippen LogP contribution < -0.4 is 5.32 Å². The van der Waals surface area contributed by atoms with Crippen molar-refractivity contribution in [3.05, 3.63) is 0 Å². The summed E-state index contributed by atoms with van der Waals surface area (Å²) in [5.74, 6) is 1.30. The van der Waals surface area contributed by atoms with Crippen LogP contribution in [-0.4, -0.2) is 35.2 Å². The second kappa shape index (κ2) is 4.33. The maximum atomic E-state index is 11.2. The summed E-state index contributed by atoms with van der Waals surface area (Å²) in [4.78, 5) is 11.2. The Kier molecular flexibility index (Phi) is 3.62. The Morgan fingerprint density at radius 3 is 2.62 bits per heavy atom. The number of nitrogens with one attached hydrogen (secondary N) is 1. The average molecular weight is 203 g/mol. The van der Waals surface area contributed by atoms with Crippen molar-refractivity contribution in [2.75, 3.05) is 18.6 Å². The largest absolute Gasteiger partial charge is 0.480 e. The third kappa shape index (κ3) is 2.17. The van der Waals surface area contributed by atoms with Gasteiger partial charge in [0.2, 0.25) is 0 Å². The van der Waals surface area contributed by atoms with Gasteiger partial charge < -0.3 is 10.4 Å². The third-order valence-electron chi connectivity index (χ3n) is 2.64. The molecule has 1 aliphatic carbocycles. The van der Waals surface area contributed by atoms with Gasteiger partial charge in [0.05, 0.1) is 0 Å². The standard InChI is InChI=1S/C9H17NO2S/c1-3-13-6-9(10-2,8(11)12)7-4-5-7/h7,10H,3-6H2,1-2H3,(H,11,12). The predicted molar refractivity (Wildman–Crippen MR) is 55.1 cm³/mol. The number of thioether (sulfide) groups is 1. The molecule has 1 unspecified atom stereocenters. The summed E-state index contributed by atoms with van der Waals surface area (Å²) in [7, 11) is 1.75. The molecule has 1 atom stereocenters. The van der Waals surface area contributed by atoms with E-state index in [1.54, 1.807) is 18.8 Å². The van der Waals surface area contributed by atoms with Crippen LogP contribution in [0.4, 0.5) is 0 Å². The van der Waals surface area contributed by atoms with Crippen LogP contribution in [0.15, 0.2) is 0 Å². The van der Waals surface area contributed by atoms with Gasteiger partial charge in [-0.15, -0.1) is 0 Å². The molecule has 0 saturated heterocycles. The van der Waals surface area contributed by atoms with Crippen molar-refractivity contribution in [1.29, 1.82) is 0 Å². The van der Waals surface area contributed by atoms with E-state index < -0.39 is 11.5 Å². The first-order valence-corrected chi connectivity index (χ1v) is 5.83. The quantitative estimate of drug-likeness (QED) is 0.681. The Hall–Kier alpha value is -0.220. The summed E-state index contributed by atoms with van der Waals surface area (Å²) in [6, 6.07) is 0. The van der Waals surface area contributed by atoms with E-state index in [2.05, 4.69) is 12.2 Å². The molecular formula is C9H17NO2S. The average Bonchev–Trinajstić information content (AvgIpc) is 2.90. The van der Waals surface area contributed by atoms with Gasteiger partial charge in [0, 0.05) is 5.75 Å². The SMILES string of the molecule is CCSCC(NC)(C(=O)O)C1CC1. The molecule has 1 saturated carbocycles. The van der Waals surface area contributed by atoms with Crippen LogP contribution in [0.25, 0.3) is 0 Å². The van der Waals surface area contributed by atoms with Gasteiger partial charge in [-0.05, 0) is 31.6 Å². The van der Waals surface area contributed by atoms with Gasteiger partial charge in [-0.3, -0.25) is 4.79 Å². The molecule has 3 nitrogen and oxygen atoms in total. The summed E-state index contributed by atoms with van der Waals surface area (Å²) in [5, 5.41) is 12.2. The van der Waals surface area contributed by atoms with E-state index in [0.29, 0.717) is 11.7 Å². The first-order valence-electron chi connectivity index (χ1n) is 4.67. The minimum atomic E-state index is -0.696. The molecule has 1 aliphatic rings. The van der Waals surface area contributed by atoms with Crippen LogP contribution in [0, 0.1) is 5.92 Å². The number of hydrogen-bond donors (Lipinski definition) is 2. The summed E-state index contributed by atoms with van der Waals surface area (Å²) in [5.41, 5.74) is -0.666. The number of rotatable bonds is 6. The van der Waals surface area contributed by atoms with Gasteiger partial charge in [-0.25, -0.2) is 0 Å². The number of likely N-dealkylation sites (N-methyl/N-ethyl adjacent to an activating group) is 1. The van der Waals surface area contributed by atoms with Gasteiger partial charge in [0.1, 0.15) is 5.54 Å². The minimum absolute atomic E-state index is 0.342.